The van der Waals surface area contributed by atoms with E-state index in [2.05, 4.69) is 28.2 Å². The topological polar surface area (TPSA) is 21.3 Å². The largest absolute Gasteiger partial charge is 0.486 e. The molecule has 2 nitrogen and oxygen atoms in total. The summed E-state index contributed by atoms with van der Waals surface area (Å²) in [4.78, 5) is 0. The van der Waals surface area contributed by atoms with Gasteiger partial charge in [-0.05, 0) is 35.0 Å². The summed E-state index contributed by atoms with van der Waals surface area (Å²) in [5.74, 6) is 0.927. The average Bonchev–Trinajstić information content (AvgIpc) is 2.07. The van der Waals surface area contributed by atoms with Crippen molar-refractivity contribution in [3.63, 3.8) is 0 Å². The molecule has 1 aliphatic heterocycles. The summed E-state index contributed by atoms with van der Waals surface area (Å²) >= 11 is 3.44. The van der Waals surface area contributed by atoms with E-state index >= 15 is 0 Å². The molecule has 0 saturated heterocycles. The highest BCUT2D eigenvalue weighted by atomic mass is 79.9. The first-order valence-electron chi connectivity index (χ1n) is 3.96. The number of fused-ring (bicyclic) bond motifs is 1. The fourth-order valence-electron chi connectivity index (χ4n) is 1.26. The molecule has 0 radical (unpaired) electrons. The maximum absolute atomic E-state index is 5.65. The van der Waals surface area contributed by atoms with Crippen molar-refractivity contribution in [1.29, 1.82) is 0 Å². The first kappa shape index (κ1) is 7.92. The maximum atomic E-state index is 5.65. The molecule has 64 valence electrons. The number of ether oxygens (including phenoxy) is 1. The van der Waals surface area contributed by atoms with Crippen LogP contribution in [0.25, 0.3) is 0 Å². The van der Waals surface area contributed by atoms with E-state index in [1.165, 1.54) is 0 Å². The van der Waals surface area contributed by atoms with Gasteiger partial charge in [0.15, 0.2) is 5.75 Å². The minimum Gasteiger partial charge on any atom is -0.486 e. The molecule has 1 atom stereocenters. The van der Waals surface area contributed by atoms with Gasteiger partial charge in [-0.1, -0.05) is 6.07 Å². The van der Waals surface area contributed by atoms with Gasteiger partial charge in [0.05, 0.1) is 16.7 Å². The van der Waals surface area contributed by atoms with E-state index in [1.807, 2.05) is 18.2 Å². The fourth-order valence-corrected chi connectivity index (χ4v) is 1.72. The van der Waals surface area contributed by atoms with Crippen molar-refractivity contribution in [2.45, 2.75) is 13.0 Å². The molecule has 1 N–H and O–H groups in total. The lowest BCUT2D eigenvalue weighted by Crippen LogP contribution is -2.27. The third-order valence-electron chi connectivity index (χ3n) is 1.87. The van der Waals surface area contributed by atoms with E-state index < -0.39 is 0 Å². The van der Waals surface area contributed by atoms with Crippen molar-refractivity contribution in [3.8, 4) is 5.75 Å². The molecule has 0 saturated carbocycles. The molecular weight excluding hydrogens is 218 g/mol. The van der Waals surface area contributed by atoms with E-state index in [0.717, 1.165) is 22.5 Å². The van der Waals surface area contributed by atoms with Crippen LogP contribution in [-0.4, -0.2) is 12.6 Å². The Morgan fingerprint density at radius 2 is 2.42 bits per heavy atom. The summed E-state index contributed by atoms with van der Waals surface area (Å²) < 4.78 is 6.67. The highest BCUT2D eigenvalue weighted by Crippen LogP contribution is 2.35. The molecule has 0 fully saturated rings. The lowest BCUT2D eigenvalue weighted by atomic mass is 10.2. The number of hydrogen-bond acceptors (Lipinski definition) is 2. The molecule has 12 heavy (non-hydrogen) atoms. The second kappa shape index (κ2) is 2.98. The van der Waals surface area contributed by atoms with Crippen LogP contribution in [0.5, 0.6) is 5.75 Å². The summed E-state index contributed by atoms with van der Waals surface area (Å²) in [7, 11) is 0. The van der Waals surface area contributed by atoms with E-state index in [9.17, 15) is 0 Å². The highest BCUT2D eigenvalue weighted by Gasteiger charge is 2.16. The monoisotopic (exact) mass is 227 g/mol. The van der Waals surface area contributed by atoms with Crippen LogP contribution in [0.2, 0.25) is 0 Å². The standard InChI is InChI=1S/C9H10BrNO/c1-6-5-11-8-4-2-3-7(10)9(8)12-6/h2-4,6,11H,5H2,1H3. The van der Waals surface area contributed by atoms with E-state index in [-0.39, 0.29) is 6.10 Å². The van der Waals surface area contributed by atoms with Crippen molar-refractivity contribution in [2.75, 3.05) is 11.9 Å². The van der Waals surface area contributed by atoms with Crippen molar-refractivity contribution in [1.82, 2.24) is 0 Å². The number of hydrogen-bond donors (Lipinski definition) is 1. The number of halogens is 1. The van der Waals surface area contributed by atoms with Gasteiger partial charge in [-0.3, -0.25) is 0 Å². The molecule has 0 bridgehead atoms. The fraction of sp³-hybridized carbons (Fsp3) is 0.333. The number of benzene rings is 1. The SMILES string of the molecule is CC1CNc2cccc(Br)c2O1. The van der Waals surface area contributed by atoms with Crippen LogP contribution in [0.4, 0.5) is 5.69 Å². The predicted octanol–water partition coefficient (Wildman–Crippen LogP) is 2.64. The van der Waals surface area contributed by atoms with Gasteiger partial charge in [0.2, 0.25) is 0 Å². The normalized spacial score (nSPS) is 20.7. The molecule has 2 rings (SSSR count). The molecule has 1 heterocycles. The predicted molar refractivity (Wildman–Crippen MR) is 52.7 cm³/mol. The Bertz CT molecular complexity index is 301. The van der Waals surface area contributed by atoms with Gasteiger partial charge in [0.1, 0.15) is 6.10 Å². The molecule has 0 aromatic heterocycles. The van der Waals surface area contributed by atoms with Crippen LogP contribution in [-0.2, 0) is 0 Å². The Labute approximate surface area is 80.1 Å². The van der Waals surface area contributed by atoms with Gasteiger partial charge in [-0.15, -0.1) is 0 Å². The molecular formula is C9H10BrNO. The number of rotatable bonds is 0. The Balaban J connectivity index is 2.43. The second-order valence-corrected chi connectivity index (χ2v) is 3.78. The van der Waals surface area contributed by atoms with Crippen LogP contribution in [0.15, 0.2) is 22.7 Å². The molecule has 3 heteroatoms. The molecule has 0 spiro atoms. The van der Waals surface area contributed by atoms with E-state index in [4.69, 9.17) is 4.74 Å². The minimum atomic E-state index is 0.246. The molecule has 1 aliphatic rings. The molecule has 1 aromatic carbocycles. The lowest BCUT2D eigenvalue weighted by molar-refractivity contribution is 0.224. The van der Waals surface area contributed by atoms with Crippen LogP contribution >= 0.6 is 15.9 Å². The van der Waals surface area contributed by atoms with Crippen molar-refractivity contribution >= 4 is 21.6 Å². The first-order valence-corrected chi connectivity index (χ1v) is 4.75. The van der Waals surface area contributed by atoms with Crippen molar-refractivity contribution in [3.05, 3.63) is 22.7 Å². The van der Waals surface area contributed by atoms with Crippen LogP contribution in [0.1, 0.15) is 6.92 Å². The Morgan fingerprint density at radius 3 is 3.25 bits per heavy atom. The summed E-state index contributed by atoms with van der Waals surface area (Å²) in [5.41, 5.74) is 1.07. The summed E-state index contributed by atoms with van der Waals surface area (Å²) in [6.07, 6.45) is 0.246. The van der Waals surface area contributed by atoms with Gasteiger partial charge in [-0.2, -0.15) is 0 Å². The van der Waals surface area contributed by atoms with Crippen LogP contribution in [0.3, 0.4) is 0 Å². The first-order chi connectivity index (χ1) is 5.77. The molecule has 1 aromatic rings. The summed E-state index contributed by atoms with van der Waals surface area (Å²) in [5, 5.41) is 3.30. The van der Waals surface area contributed by atoms with Crippen LogP contribution in [0, 0.1) is 0 Å². The lowest BCUT2D eigenvalue weighted by Gasteiger charge is -2.25. The zero-order valence-corrected chi connectivity index (χ0v) is 8.39. The highest BCUT2D eigenvalue weighted by molar-refractivity contribution is 9.10. The van der Waals surface area contributed by atoms with Crippen molar-refractivity contribution < 1.29 is 4.74 Å². The number of para-hydroxylation sites is 1. The average molecular weight is 228 g/mol. The smallest absolute Gasteiger partial charge is 0.157 e. The van der Waals surface area contributed by atoms with Crippen molar-refractivity contribution in [2.24, 2.45) is 0 Å². The number of anilines is 1. The van der Waals surface area contributed by atoms with Gasteiger partial charge >= 0.3 is 0 Å². The van der Waals surface area contributed by atoms with Gasteiger partial charge in [-0.25, -0.2) is 0 Å². The van der Waals surface area contributed by atoms with Gasteiger partial charge < -0.3 is 10.1 Å². The number of nitrogens with one attached hydrogen (secondary N) is 1. The molecule has 0 aliphatic carbocycles. The molecule has 0 amide bonds. The second-order valence-electron chi connectivity index (χ2n) is 2.93. The van der Waals surface area contributed by atoms with Crippen LogP contribution < -0.4 is 10.1 Å². The Hall–Kier alpha value is -0.700. The zero-order valence-electron chi connectivity index (χ0n) is 6.80. The molecule has 1 unspecified atom stereocenters. The van der Waals surface area contributed by atoms with Gasteiger partial charge in [0, 0.05) is 0 Å². The quantitative estimate of drug-likeness (QED) is 0.736. The zero-order chi connectivity index (χ0) is 8.55. The Morgan fingerprint density at radius 1 is 1.58 bits per heavy atom. The summed E-state index contributed by atoms with van der Waals surface area (Å²) in [6.45, 7) is 2.93. The Kier molecular flexibility index (Phi) is 1.97. The maximum Gasteiger partial charge on any atom is 0.157 e. The van der Waals surface area contributed by atoms with E-state index in [1.54, 1.807) is 0 Å². The third kappa shape index (κ3) is 1.29. The van der Waals surface area contributed by atoms with E-state index in [0.29, 0.717) is 0 Å². The minimum absolute atomic E-state index is 0.246. The third-order valence-corrected chi connectivity index (χ3v) is 2.49. The summed E-state index contributed by atoms with van der Waals surface area (Å²) in [6, 6.07) is 6.00. The van der Waals surface area contributed by atoms with Gasteiger partial charge in [0.25, 0.3) is 0 Å².